The molecule has 0 N–H and O–H groups in total. The predicted molar refractivity (Wildman–Crippen MR) is 90.9 cm³/mol. The molecule has 0 fully saturated rings. The van der Waals surface area contributed by atoms with E-state index in [1.54, 1.807) is 12.1 Å². The molecule has 0 radical (unpaired) electrons. The molecule has 0 heterocycles. The number of ether oxygens (including phenoxy) is 2. The molecule has 4 nitrogen and oxygen atoms in total. The predicted octanol–water partition coefficient (Wildman–Crippen LogP) is 4.75. The maximum Gasteiger partial charge on any atom is 0.340 e. The van der Waals surface area contributed by atoms with Crippen molar-refractivity contribution in [3.63, 3.8) is 0 Å². The normalized spacial score (nSPS) is 12.0. The van der Waals surface area contributed by atoms with Gasteiger partial charge in [0, 0.05) is 0 Å². The van der Waals surface area contributed by atoms with Gasteiger partial charge >= 0.3 is 11.9 Å². The highest BCUT2D eigenvalue weighted by atomic mass is 35.5. The second-order valence-corrected chi connectivity index (χ2v) is 8.34. The Bertz CT molecular complexity index is 580. The molecule has 5 heteroatoms. The average molecular weight is 341 g/mol. The summed E-state index contributed by atoms with van der Waals surface area (Å²) < 4.78 is 10.6. The number of carbonyl (C=O) groups excluding carboxylic acids is 2. The number of esters is 2. The van der Waals surface area contributed by atoms with Crippen LogP contribution < -0.4 is 0 Å². The molecule has 0 atom stereocenters. The maximum atomic E-state index is 12.3. The minimum Gasteiger partial charge on any atom is -0.462 e. The lowest BCUT2D eigenvalue weighted by Crippen LogP contribution is -2.22. The molecule has 1 aromatic rings. The van der Waals surface area contributed by atoms with Gasteiger partial charge in [-0.25, -0.2) is 9.59 Å². The molecule has 1 rings (SSSR count). The smallest absolute Gasteiger partial charge is 0.340 e. The summed E-state index contributed by atoms with van der Waals surface area (Å²) in [6, 6.07) is 4.68. The fourth-order valence-electron chi connectivity index (χ4n) is 1.62. The minimum atomic E-state index is -0.617. The molecule has 0 saturated carbocycles. The highest BCUT2D eigenvalue weighted by Gasteiger charge is 2.25. The Morgan fingerprint density at radius 2 is 1.39 bits per heavy atom. The Kier molecular flexibility index (Phi) is 6.23. The number of hydrogen-bond acceptors (Lipinski definition) is 4. The first-order chi connectivity index (χ1) is 10.4. The van der Waals surface area contributed by atoms with Crippen molar-refractivity contribution in [2.45, 2.75) is 41.5 Å². The van der Waals surface area contributed by atoms with Gasteiger partial charge in [-0.1, -0.05) is 59.2 Å². The third-order valence-corrected chi connectivity index (χ3v) is 3.03. The lowest BCUT2D eigenvalue weighted by Gasteiger charge is -2.20. The van der Waals surface area contributed by atoms with Crippen LogP contribution in [0.1, 0.15) is 62.3 Å². The molecule has 0 aliphatic carbocycles. The summed E-state index contributed by atoms with van der Waals surface area (Å²) in [6.45, 7) is 12.2. The number of hydrogen-bond donors (Lipinski definition) is 0. The quantitative estimate of drug-likeness (QED) is 0.742. The van der Waals surface area contributed by atoms with Crippen LogP contribution in [-0.4, -0.2) is 25.2 Å². The molecule has 0 amide bonds. The van der Waals surface area contributed by atoms with E-state index in [9.17, 15) is 9.59 Å². The Labute approximate surface area is 143 Å². The minimum absolute atomic E-state index is 0.0531. The number of halogens is 1. The van der Waals surface area contributed by atoms with Crippen molar-refractivity contribution >= 4 is 23.5 Å². The van der Waals surface area contributed by atoms with Gasteiger partial charge in [0.05, 0.1) is 29.4 Å². The Hall–Kier alpha value is -1.55. The van der Waals surface area contributed by atoms with Crippen LogP contribution in [0, 0.1) is 10.8 Å². The number of benzene rings is 1. The molecule has 0 aliphatic rings. The molecule has 0 unspecified atom stereocenters. The highest BCUT2D eigenvalue weighted by Crippen LogP contribution is 2.24. The van der Waals surface area contributed by atoms with Gasteiger partial charge in [0.1, 0.15) is 0 Å². The van der Waals surface area contributed by atoms with Gasteiger partial charge < -0.3 is 9.47 Å². The fraction of sp³-hybridized carbons (Fsp3) is 0.556. The number of rotatable bonds is 4. The van der Waals surface area contributed by atoms with Crippen molar-refractivity contribution in [1.29, 1.82) is 0 Å². The maximum absolute atomic E-state index is 12.3. The van der Waals surface area contributed by atoms with E-state index in [0.29, 0.717) is 0 Å². The molecular formula is C18H25ClO4. The van der Waals surface area contributed by atoms with Crippen LogP contribution in [0.3, 0.4) is 0 Å². The standard InChI is InChI=1S/C18H25ClO4/c1-17(2,3)10-22-15(20)12-8-7-9-13(19)14(12)16(21)23-11-18(4,5)6/h7-9H,10-11H2,1-6H3. The van der Waals surface area contributed by atoms with E-state index in [-0.39, 0.29) is 40.2 Å². The van der Waals surface area contributed by atoms with Gasteiger partial charge in [-0.05, 0) is 23.0 Å². The lowest BCUT2D eigenvalue weighted by molar-refractivity contribution is 0.0323. The molecular weight excluding hydrogens is 316 g/mol. The monoisotopic (exact) mass is 340 g/mol. The van der Waals surface area contributed by atoms with Gasteiger partial charge in [0.25, 0.3) is 0 Å². The molecule has 23 heavy (non-hydrogen) atoms. The van der Waals surface area contributed by atoms with Crippen LogP contribution in [0.2, 0.25) is 5.02 Å². The van der Waals surface area contributed by atoms with Gasteiger partial charge in [-0.15, -0.1) is 0 Å². The first kappa shape index (κ1) is 19.5. The van der Waals surface area contributed by atoms with Crippen LogP contribution in [0.15, 0.2) is 18.2 Å². The van der Waals surface area contributed by atoms with E-state index in [2.05, 4.69) is 0 Å². The first-order valence-corrected chi connectivity index (χ1v) is 7.91. The molecule has 0 saturated heterocycles. The van der Waals surface area contributed by atoms with Crippen LogP contribution in [0.4, 0.5) is 0 Å². The average Bonchev–Trinajstić information content (AvgIpc) is 2.40. The largest absolute Gasteiger partial charge is 0.462 e. The Morgan fingerprint density at radius 1 is 0.913 bits per heavy atom. The van der Waals surface area contributed by atoms with E-state index < -0.39 is 11.9 Å². The van der Waals surface area contributed by atoms with E-state index in [4.69, 9.17) is 21.1 Å². The molecule has 1 aromatic carbocycles. The summed E-state index contributed by atoms with van der Waals surface area (Å²) in [5, 5.41) is 0.175. The molecule has 0 aromatic heterocycles. The third kappa shape index (κ3) is 6.61. The van der Waals surface area contributed by atoms with E-state index in [1.165, 1.54) is 6.07 Å². The van der Waals surface area contributed by atoms with E-state index >= 15 is 0 Å². The molecule has 0 aliphatic heterocycles. The lowest BCUT2D eigenvalue weighted by atomic mass is 9.98. The molecule has 128 valence electrons. The van der Waals surface area contributed by atoms with Gasteiger partial charge in [0.15, 0.2) is 0 Å². The van der Waals surface area contributed by atoms with Crippen molar-refractivity contribution in [2.24, 2.45) is 10.8 Å². The van der Waals surface area contributed by atoms with Crippen molar-refractivity contribution in [3.8, 4) is 0 Å². The van der Waals surface area contributed by atoms with Gasteiger partial charge in [-0.3, -0.25) is 0 Å². The van der Waals surface area contributed by atoms with Crippen molar-refractivity contribution in [3.05, 3.63) is 34.3 Å². The van der Waals surface area contributed by atoms with Crippen molar-refractivity contribution < 1.29 is 19.1 Å². The summed E-state index contributed by atoms with van der Waals surface area (Å²) >= 11 is 6.10. The van der Waals surface area contributed by atoms with Crippen LogP contribution in [0.5, 0.6) is 0 Å². The van der Waals surface area contributed by atoms with Crippen LogP contribution >= 0.6 is 11.6 Å². The fourth-order valence-corrected chi connectivity index (χ4v) is 1.87. The zero-order valence-electron chi connectivity index (χ0n) is 14.7. The topological polar surface area (TPSA) is 52.6 Å². The second kappa shape index (κ2) is 7.35. The molecule has 0 spiro atoms. The summed E-state index contributed by atoms with van der Waals surface area (Å²) in [5.74, 6) is -1.20. The number of carbonyl (C=O) groups is 2. The van der Waals surface area contributed by atoms with E-state index in [0.717, 1.165) is 0 Å². The van der Waals surface area contributed by atoms with Crippen LogP contribution in [-0.2, 0) is 9.47 Å². The summed E-state index contributed by atoms with van der Waals surface area (Å²) in [6.07, 6.45) is 0. The molecule has 0 bridgehead atoms. The first-order valence-electron chi connectivity index (χ1n) is 7.53. The van der Waals surface area contributed by atoms with Gasteiger partial charge in [0.2, 0.25) is 0 Å². The Morgan fingerprint density at radius 3 is 1.87 bits per heavy atom. The highest BCUT2D eigenvalue weighted by molar-refractivity contribution is 6.34. The van der Waals surface area contributed by atoms with Crippen LogP contribution in [0.25, 0.3) is 0 Å². The van der Waals surface area contributed by atoms with Gasteiger partial charge in [-0.2, -0.15) is 0 Å². The van der Waals surface area contributed by atoms with Crippen molar-refractivity contribution in [2.75, 3.05) is 13.2 Å². The van der Waals surface area contributed by atoms with Crippen molar-refractivity contribution in [1.82, 2.24) is 0 Å². The zero-order chi connectivity index (χ0) is 17.8. The summed E-state index contributed by atoms with van der Waals surface area (Å²) in [4.78, 5) is 24.6. The Balaban J connectivity index is 2.99. The summed E-state index contributed by atoms with van der Waals surface area (Å²) in [7, 11) is 0. The summed E-state index contributed by atoms with van der Waals surface area (Å²) in [5.41, 5.74) is -0.164. The second-order valence-electron chi connectivity index (χ2n) is 7.94. The SMILES string of the molecule is CC(C)(C)COC(=O)c1cccc(Cl)c1C(=O)OCC(C)(C)C. The zero-order valence-corrected chi connectivity index (χ0v) is 15.4. The van der Waals surface area contributed by atoms with E-state index in [1.807, 2.05) is 41.5 Å². The third-order valence-electron chi connectivity index (χ3n) is 2.71.